The molecule has 0 amide bonds. The second-order valence-corrected chi connectivity index (χ2v) is 6.96. The smallest absolute Gasteiger partial charge is 0.198 e. The fourth-order valence-corrected chi connectivity index (χ4v) is 3.41. The first kappa shape index (κ1) is 20.1. The van der Waals surface area contributed by atoms with Crippen LogP contribution in [0.3, 0.4) is 0 Å². The number of halogens is 1. The molecule has 0 radical (unpaired) electrons. The van der Waals surface area contributed by atoms with Crippen LogP contribution in [0, 0.1) is 17.1 Å². The molecule has 0 aliphatic carbocycles. The van der Waals surface area contributed by atoms with Crippen molar-refractivity contribution in [3.8, 4) is 29.0 Å². The van der Waals surface area contributed by atoms with Gasteiger partial charge in [-0.3, -0.25) is 9.67 Å². The van der Waals surface area contributed by atoms with Gasteiger partial charge in [-0.05, 0) is 32.0 Å². The summed E-state index contributed by atoms with van der Waals surface area (Å²) in [7, 11) is 1.47. The van der Waals surface area contributed by atoms with E-state index in [1.165, 1.54) is 24.1 Å². The molecule has 1 aromatic carbocycles. The zero-order chi connectivity index (χ0) is 22.1. The lowest BCUT2D eigenvalue weighted by Crippen LogP contribution is -2.01. The molecule has 0 saturated heterocycles. The van der Waals surface area contributed by atoms with E-state index in [0.717, 1.165) is 0 Å². The van der Waals surface area contributed by atoms with Crippen molar-refractivity contribution in [3.63, 3.8) is 0 Å². The van der Waals surface area contributed by atoms with Crippen molar-refractivity contribution in [2.75, 3.05) is 7.11 Å². The first-order valence-electron chi connectivity index (χ1n) is 9.46. The third kappa shape index (κ3) is 3.59. The van der Waals surface area contributed by atoms with E-state index >= 15 is 0 Å². The van der Waals surface area contributed by atoms with Gasteiger partial charge < -0.3 is 14.8 Å². The molecule has 2 N–H and O–H groups in total. The minimum Gasteiger partial charge on any atom is -0.496 e. The molecule has 0 aliphatic rings. The number of hydrogen-bond acceptors (Lipinski definition) is 6. The Balaban J connectivity index is 1.82. The number of pyridine rings is 1. The van der Waals surface area contributed by atoms with Crippen LogP contribution in [0.15, 0.2) is 47.8 Å². The molecule has 156 valence electrons. The van der Waals surface area contributed by atoms with Gasteiger partial charge in [0.2, 0.25) is 0 Å². The number of aliphatic imine (C=N–C) groups is 1. The number of H-pyrrole nitrogens is 1. The third-order valence-corrected chi connectivity index (χ3v) is 4.94. The number of nitrogens with zero attached hydrogens (tertiary/aromatic N) is 5. The van der Waals surface area contributed by atoms with E-state index in [0.29, 0.717) is 39.3 Å². The van der Waals surface area contributed by atoms with Crippen LogP contribution in [0.2, 0.25) is 0 Å². The average molecular weight is 418 g/mol. The quantitative estimate of drug-likeness (QED) is 0.463. The summed E-state index contributed by atoms with van der Waals surface area (Å²) < 4.78 is 21.3. The molecule has 3 aromatic heterocycles. The van der Waals surface area contributed by atoms with Crippen molar-refractivity contribution < 1.29 is 14.2 Å². The standard InChI is InChI=1S/C22H19FN6O2/c1-12(8-24)29-11-14(9-26-29)27-13(2)20-15-7-17(25-10-18(15)28-22(20)30)21-16(23)5-4-6-19(21)31-3/h4-7,9-12,28,30H,1-3H3/t12-/m0/s1. The Labute approximate surface area is 177 Å². The van der Waals surface area contributed by atoms with Gasteiger partial charge in [0.15, 0.2) is 5.88 Å². The monoisotopic (exact) mass is 418 g/mol. The number of nitriles is 1. The predicted molar refractivity (Wildman–Crippen MR) is 114 cm³/mol. The Morgan fingerprint density at radius 2 is 2.19 bits per heavy atom. The Bertz CT molecular complexity index is 1350. The number of nitrogens with one attached hydrogen (secondary N) is 1. The van der Waals surface area contributed by atoms with Crippen molar-refractivity contribution in [3.05, 3.63) is 54.2 Å². The lowest BCUT2D eigenvalue weighted by molar-refractivity contribution is 0.413. The van der Waals surface area contributed by atoms with Gasteiger partial charge in [0.1, 0.15) is 23.3 Å². The predicted octanol–water partition coefficient (Wildman–Crippen LogP) is 4.50. The van der Waals surface area contributed by atoms with E-state index in [1.807, 2.05) is 0 Å². The second-order valence-electron chi connectivity index (χ2n) is 6.96. The van der Waals surface area contributed by atoms with Gasteiger partial charge in [0.25, 0.3) is 0 Å². The van der Waals surface area contributed by atoms with E-state index in [-0.39, 0.29) is 11.4 Å². The van der Waals surface area contributed by atoms with E-state index in [2.05, 4.69) is 26.1 Å². The number of rotatable bonds is 5. The van der Waals surface area contributed by atoms with Crippen LogP contribution in [0.25, 0.3) is 22.2 Å². The summed E-state index contributed by atoms with van der Waals surface area (Å²) in [6.45, 7) is 3.47. The number of aromatic hydroxyl groups is 1. The molecule has 8 nitrogen and oxygen atoms in total. The van der Waals surface area contributed by atoms with Crippen LogP contribution in [0.4, 0.5) is 10.1 Å². The van der Waals surface area contributed by atoms with Gasteiger partial charge in [-0.15, -0.1) is 0 Å². The highest BCUT2D eigenvalue weighted by molar-refractivity contribution is 6.13. The normalized spacial score (nSPS) is 12.7. The number of hydrogen-bond donors (Lipinski definition) is 2. The van der Waals surface area contributed by atoms with Crippen molar-refractivity contribution >= 4 is 22.3 Å². The summed E-state index contributed by atoms with van der Waals surface area (Å²) in [6, 6.07) is 7.93. The number of benzene rings is 1. The molecule has 0 fully saturated rings. The average Bonchev–Trinajstić information content (AvgIpc) is 3.35. The summed E-state index contributed by atoms with van der Waals surface area (Å²) in [4.78, 5) is 11.7. The van der Waals surface area contributed by atoms with Crippen LogP contribution in [-0.4, -0.2) is 37.7 Å². The zero-order valence-electron chi connectivity index (χ0n) is 17.1. The Kier molecular flexibility index (Phi) is 5.13. The molecule has 31 heavy (non-hydrogen) atoms. The lowest BCUT2D eigenvalue weighted by Gasteiger charge is -2.09. The van der Waals surface area contributed by atoms with Crippen LogP contribution in [0.5, 0.6) is 11.6 Å². The Morgan fingerprint density at radius 3 is 2.94 bits per heavy atom. The SMILES string of the molecule is COc1cccc(F)c1-c1cc2c(C(C)=Nc3cnn([C@@H](C)C#N)c3)c(O)[nH]c2cn1. The maximum atomic E-state index is 14.5. The fraction of sp³-hybridized carbons (Fsp3) is 0.182. The van der Waals surface area contributed by atoms with Crippen LogP contribution in [-0.2, 0) is 0 Å². The topological polar surface area (TPSA) is 112 Å². The second kappa shape index (κ2) is 7.91. The van der Waals surface area contributed by atoms with Gasteiger partial charge in [-0.25, -0.2) is 9.38 Å². The summed E-state index contributed by atoms with van der Waals surface area (Å²) in [5, 5.41) is 24.3. The maximum absolute atomic E-state index is 14.5. The molecular weight excluding hydrogens is 399 g/mol. The van der Waals surface area contributed by atoms with Crippen molar-refractivity contribution in [1.82, 2.24) is 19.7 Å². The van der Waals surface area contributed by atoms with Crippen molar-refractivity contribution in [2.45, 2.75) is 19.9 Å². The van der Waals surface area contributed by atoms with Gasteiger partial charge in [-0.1, -0.05) is 6.07 Å². The van der Waals surface area contributed by atoms with Crippen molar-refractivity contribution in [2.24, 2.45) is 4.99 Å². The van der Waals surface area contributed by atoms with Crippen LogP contribution in [0.1, 0.15) is 25.5 Å². The maximum Gasteiger partial charge on any atom is 0.198 e. The van der Waals surface area contributed by atoms with E-state index < -0.39 is 11.9 Å². The molecule has 1 atom stereocenters. The zero-order valence-corrected chi connectivity index (χ0v) is 17.1. The fourth-order valence-electron chi connectivity index (χ4n) is 3.41. The molecule has 3 heterocycles. The lowest BCUT2D eigenvalue weighted by atomic mass is 10.0. The summed E-state index contributed by atoms with van der Waals surface area (Å²) >= 11 is 0. The molecule has 0 aliphatic heterocycles. The minimum absolute atomic E-state index is 0.0755. The number of ether oxygens (including phenoxy) is 1. The van der Waals surface area contributed by atoms with Crippen LogP contribution >= 0.6 is 0 Å². The first-order chi connectivity index (χ1) is 14.9. The number of methoxy groups -OCH3 is 1. The van der Waals surface area contributed by atoms with Crippen LogP contribution < -0.4 is 4.74 Å². The minimum atomic E-state index is -0.461. The molecule has 4 aromatic rings. The summed E-state index contributed by atoms with van der Waals surface area (Å²) in [5.74, 6) is -0.178. The van der Waals surface area contributed by atoms with E-state index in [1.54, 1.807) is 44.4 Å². The number of aromatic amines is 1. The van der Waals surface area contributed by atoms with E-state index in [9.17, 15) is 9.50 Å². The molecule has 0 spiro atoms. The summed E-state index contributed by atoms with van der Waals surface area (Å²) in [5.41, 5.74) is 2.71. The van der Waals surface area contributed by atoms with Gasteiger partial charge in [0, 0.05) is 5.39 Å². The summed E-state index contributed by atoms with van der Waals surface area (Å²) in [6.07, 6.45) is 4.72. The molecule has 0 unspecified atom stereocenters. The van der Waals surface area contributed by atoms with Gasteiger partial charge in [-0.2, -0.15) is 10.4 Å². The third-order valence-electron chi connectivity index (χ3n) is 4.94. The van der Waals surface area contributed by atoms with Gasteiger partial charge in [0.05, 0.1) is 59.8 Å². The highest BCUT2D eigenvalue weighted by Gasteiger charge is 2.19. The largest absolute Gasteiger partial charge is 0.496 e. The highest BCUT2D eigenvalue weighted by atomic mass is 19.1. The number of fused-ring (bicyclic) bond motifs is 1. The highest BCUT2D eigenvalue weighted by Crippen LogP contribution is 2.35. The van der Waals surface area contributed by atoms with E-state index in [4.69, 9.17) is 10.00 Å². The first-order valence-corrected chi connectivity index (χ1v) is 9.46. The Morgan fingerprint density at radius 1 is 1.39 bits per heavy atom. The molecular formula is C22H19FN6O2. The van der Waals surface area contributed by atoms with Crippen molar-refractivity contribution in [1.29, 1.82) is 5.26 Å². The Hall–Kier alpha value is -4.19. The molecule has 0 saturated carbocycles. The molecule has 0 bridgehead atoms. The van der Waals surface area contributed by atoms with Gasteiger partial charge >= 0.3 is 0 Å². The molecule has 4 rings (SSSR count). The molecule has 9 heteroatoms. The number of aromatic nitrogens is 4.